The third kappa shape index (κ3) is 4.19. The van der Waals surface area contributed by atoms with E-state index in [0.29, 0.717) is 5.71 Å². The Hall–Kier alpha value is -1.36. The van der Waals surface area contributed by atoms with E-state index in [1.807, 2.05) is 13.8 Å². The largest absolute Gasteiger partial charge is 0.358 e. The molecular weight excluding hydrogens is 238 g/mol. The van der Waals surface area contributed by atoms with Crippen LogP contribution in [-0.4, -0.2) is 14.1 Å². The summed E-state index contributed by atoms with van der Waals surface area (Å²) in [6, 6.07) is 6.46. The molecule has 0 bridgehead atoms. The molecule has 0 aliphatic rings. The maximum atomic E-state index is 11.7. The number of hydrogen-bond donors (Lipinski definition) is 0. The molecule has 0 aliphatic heterocycles. The molecule has 0 aliphatic carbocycles. The molecule has 0 amide bonds. The Morgan fingerprint density at radius 2 is 1.88 bits per heavy atom. The molecule has 0 radical (unpaired) electrons. The van der Waals surface area contributed by atoms with E-state index in [1.165, 1.54) is 12.1 Å². The van der Waals surface area contributed by atoms with Crippen molar-refractivity contribution in [2.45, 2.75) is 38.5 Å². The third-order valence-electron chi connectivity index (χ3n) is 2.21. The lowest BCUT2D eigenvalue weighted by Gasteiger charge is -2.03. The second-order valence-electron chi connectivity index (χ2n) is 3.92. The van der Waals surface area contributed by atoms with Crippen molar-refractivity contribution in [3.8, 4) is 0 Å². The zero-order valence-electron chi connectivity index (χ0n) is 10.3. The number of nitrogens with zero attached hydrogens (tertiary/aromatic N) is 1. The van der Waals surface area contributed by atoms with Gasteiger partial charge in [0.25, 0.3) is 0 Å². The van der Waals surface area contributed by atoms with Crippen molar-refractivity contribution in [2.24, 2.45) is 5.16 Å². The van der Waals surface area contributed by atoms with Gasteiger partial charge in [0.1, 0.15) is 4.90 Å². The Labute approximate surface area is 102 Å². The van der Waals surface area contributed by atoms with Gasteiger partial charge in [-0.15, -0.1) is 0 Å². The van der Waals surface area contributed by atoms with E-state index in [4.69, 9.17) is 0 Å². The smallest absolute Gasteiger partial charge is 0.265 e. The van der Waals surface area contributed by atoms with Crippen LogP contribution in [0.2, 0.25) is 0 Å². The summed E-state index contributed by atoms with van der Waals surface area (Å²) >= 11 is 0. The second-order valence-corrected chi connectivity index (χ2v) is 5.45. The van der Waals surface area contributed by atoms with Crippen LogP contribution in [0.25, 0.3) is 0 Å². The summed E-state index contributed by atoms with van der Waals surface area (Å²) < 4.78 is 28.1. The standard InChI is InChI=1S/C12H17NO3S/c1-4-5-11(3)13-16-17(14,15)12-8-6-10(2)7-9-12/h6-9H,4-5H2,1-3H3/b13-11+. The van der Waals surface area contributed by atoms with E-state index in [1.54, 1.807) is 19.1 Å². The zero-order chi connectivity index (χ0) is 12.9. The minimum atomic E-state index is -3.78. The molecule has 5 heteroatoms. The van der Waals surface area contributed by atoms with Crippen molar-refractivity contribution in [1.82, 2.24) is 0 Å². The molecule has 0 fully saturated rings. The fourth-order valence-corrected chi connectivity index (χ4v) is 2.05. The van der Waals surface area contributed by atoms with Crippen molar-refractivity contribution in [3.05, 3.63) is 29.8 Å². The molecule has 4 nitrogen and oxygen atoms in total. The fourth-order valence-electron chi connectivity index (χ4n) is 1.27. The monoisotopic (exact) mass is 255 g/mol. The molecule has 1 aromatic rings. The molecule has 1 aromatic carbocycles. The Bertz CT molecular complexity index is 489. The van der Waals surface area contributed by atoms with Crippen LogP contribution >= 0.6 is 0 Å². The summed E-state index contributed by atoms with van der Waals surface area (Å²) in [6.45, 7) is 5.63. The minimum absolute atomic E-state index is 0.121. The first-order chi connectivity index (χ1) is 7.95. The first-order valence-corrected chi connectivity index (χ1v) is 6.90. The van der Waals surface area contributed by atoms with Crippen LogP contribution in [-0.2, 0) is 14.4 Å². The highest BCUT2D eigenvalue weighted by molar-refractivity contribution is 7.86. The molecule has 0 spiro atoms. The Kier molecular flexibility index (Phi) is 4.69. The molecule has 0 N–H and O–H groups in total. The molecule has 17 heavy (non-hydrogen) atoms. The topological polar surface area (TPSA) is 55.7 Å². The van der Waals surface area contributed by atoms with Gasteiger partial charge >= 0.3 is 10.1 Å². The SMILES string of the molecule is CCC/C(C)=N/OS(=O)(=O)c1ccc(C)cc1. The number of aryl methyl sites for hydroxylation is 1. The van der Waals surface area contributed by atoms with Gasteiger partial charge in [0.15, 0.2) is 0 Å². The number of oxime groups is 1. The third-order valence-corrected chi connectivity index (χ3v) is 3.33. The van der Waals surface area contributed by atoms with Gasteiger partial charge in [0.2, 0.25) is 0 Å². The van der Waals surface area contributed by atoms with E-state index >= 15 is 0 Å². The Morgan fingerprint density at radius 3 is 2.41 bits per heavy atom. The molecule has 0 heterocycles. The predicted molar refractivity (Wildman–Crippen MR) is 67.5 cm³/mol. The lowest BCUT2D eigenvalue weighted by atomic mass is 10.2. The summed E-state index contributed by atoms with van der Waals surface area (Å²) in [6.07, 6.45) is 1.63. The molecule has 0 atom stereocenters. The van der Waals surface area contributed by atoms with Gasteiger partial charge in [0.05, 0.1) is 5.71 Å². The van der Waals surface area contributed by atoms with Crippen molar-refractivity contribution in [2.75, 3.05) is 0 Å². The summed E-state index contributed by atoms with van der Waals surface area (Å²) in [4.78, 5) is 0.121. The predicted octanol–water partition coefficient (Wildman–Crippen LogP) is 2.88. The van der Waals surface area contributed by atoms with Crippen LogP contribution in [0.3, 0.4) is 0 Å². The summed E-state index contributed by atoms with van der Waals surface area (Å²) in [5.41, 5.74) is 1.66. The van der Waals surface area contributed by atoms with Crippen LogP contribution in [0.4, 0.5) is 0 Å². The van der Waals surface area contributed by atoms with Crippen LogP contribution in [0.1, 0.15) is 32.3 Å². The number of benzene rings is 1. The lowest BCUT2D eigenvalue weighted by Crippen LogP contribution is -2.04. The van der Waals surface area contributed by atoms with Crippen LogP contribution in [0, 0.1) is 6.92 Å². The van der Waals surface area contributed by atoms with Gasteiger partial charge in [-0.2, -0.15) is 8.42 Å². The van der Waals surface area contributed by atoms with Crippen molar-refractivity contribution >= 4 is 15.8 Å². The normalized spacial score (nSPS) is 12.5. The van der Waals surface area contributed by atoms with Gasteiger partial charge in [-0.1, -0.05) is 36.2 Å². The summed E-state index contributed by atoms with van der Waals surface area (Å²) in [5.74, 6) is 0. The molecule has 0 aromatic heterocycles. The van der Waals surface area contributed by atoms with E-state index in [9.17, 15) is 8.42 Å². The van der Waals surface area contributed by atoms with E-state index < -0.39 is 10.1 Å². The average molecular weight is 255 g/mol. The molecule has 0 unspecified atom stereocenters. The van der Waals surface area contributed by atoms with Gasteiger partial charge in [-0.05, 0) is 32.4 Å². The highest BCUT2D eigenvalue weighted by Crippen LogP contribution is 2.13. The highest BCUT2D eigenvalue weighted by Gasteiger charge is 2.15. The second kappa shape index (κ2) is 5.82. The molecule has 94 valence electrons. The van der Waals surface area contributed by atoms with Crippen molar-refractivity contribution < 1.29 is 12.7 Å². The molecule has 0 saturated heterocycles. The van der Waals surface area contributed by atoms with E-state index in [0.717, 1.165) is 18.4 Å². The first kappa shape index (κ1) is 13.7. The van der Waals surface area contributed by atoms with Gasteiger partial charge in [0, 0.05) is 0 Å². The number of hydrogen-bond acceptors (Lipinski definition) is 4. The number of rotatable bonds is 5. The van der Waals surface area contributed by atoms with Crippen LogP contribution in [0.15, 0.2) is 34.3 Å². The van der Waals surface area contributed by atoms with Gasteiger partial charge in [-0.3, -0.25) is 4.28 Å². The summed E-state index contributed by atoms with van der Waals surface area (Å²) in [5, 5.41) is 3.61. The molecular formula is C12H17NO3S. The maximum Gasteiger partial charge on any atom is 0.358 e. The minimum Gasteiger partial charge on any atom is -0.265 e. The van der Waals surface area contributed by atoms with Gasteiger partial charge in [-0.25, -0.2) is 0 Å². The summed E-state index contributed by atoms with van der Waals surface area (Å²) in [7, 11) is -3.78. The fraction of sp³-hybridized carbons (Fsp3) is 0.417. The highest BCUT2D eigenvalue weighted by atomic mass is 32.2. The van der Waals surface area contributed by atoms with E-state index in [2.05, 4.69) is 9.44 Å². The van der Waals surface area contributed by atoms with Crippen molar-refractivity contribution in [1.29, 1.82) is 0 Å². The Morgan fingerprint density at radius 1 is 1.29 bits per heavy atom. The van der Waals surface area contributed by atoms with Gasteiger partial charge < -0.3 is 0 Å². The van der Waals surface area contributed by atoms with Crippen molar-refractivity contribution in [3.63, 3.8) is 0 Å². The zero-order valence-corrected chi connectivity index (χ0v) is 11.1. The molecule has 0 saturated carbocycles. The quantitative estimate of drug-likeness (QED) is 0.600. The first-order valence-electron chi connectivity index (χ1n) is 5.49. The lowest BCUT2D eigenvalue weighted by molar-refractivity contribution is 0.337. The molecule has 1 rings (SSSR count). The van der Waals surface area contributed by atoms with Crippen LogP contribution in [0.5, 0.6) is 0 Å². The van der Waals surface area contributed by atoms with E-state index in [-0.39, 0.29) is 4.90 Å². The Balaban J connectivity index is 2.82. The average Bonchev–Trinajstić information content (AvgIpc) is 2.28. The van der Waals surface area contributed by atoms with Crippen LogP contribution < -0.4 is 0 Å². The maximum absolute atomic E-state index is 11.7.